The molecule has 1 aromatic rings. The number of fused-ring (bicyclic) bond motifs is 3. The maximum absolute atomic E-state index is 5.75. The molecule has 0 bridgehead atoms. The van der Waals surface area contributed by atoms with Crippen LogP contribution in [0.15, 0.2) is 24.8 Å². The highest BCUT2D eigenvalue weighted by Crippen LogP contribution is 2.41. The van der Waals surface area contributed by atoms with Gasteiger partial charge in [-0.05, 0) is 37.9 Å². The van der Waals surface area contributed by atoms with Gasteiger partial charge in [-0.1, -0.05) is 0 Å². The molecule has 1 fully saturated rings. The number of nitrogens with one attached hydrogen (secondary N) is 1. The van der Waals surface area contributed by atoms with Gasteiger partial charge in [-0.25, -0.2) is 19.7 Å². The smallest absolute Gasteiger partial charge is 0.162 e. The average Bonchev–Trinajstić information content (AvgIpc) is 3.33. The molecule has 9 heteroatoms. The molecule has 1 unspecified atom stereocenters. The summed E-state index contributed by atoms with van der Waals surface area (Å²) in [5, 5.41) is 2.22. The van der Waals surface area contributed by atoms with Gasteiger partial charge >= 0.3 is 0 Å². The fourth-order valence-corrected chi connectivity index (χ4v) is 5.04. The normalized spacial score (nSPS) is 22.0. The number of hydrogen-bond acceptors (Lipinski definition) is 7. The summed E-state index contributed by atoms with van der Waals surface area (Å²) in [6.45, 7) is 3.15. The minimum Gasteiger partial charge on any atom is -0.298 e. The van der Waals surface area contributed by atoms with Crippen LogP contribution in [0.1, 0.15) is 29.5 Å². The lowest BCUT2D eigenvalue weighted by atomic mass is 9.86. The Morgan fingerprint density at radius 3 is 2.88 bits per heavy atom. The second-order valence-corrected chi connectivity index (χ2v) is 8.26. The van der Waals surface area contributed by atoms with E-state index in [1.165, 1.54) is 23.4 Å². The summed E-state index contributed by atoms with van der Waals surface area (Å²) in [4.78, 5) is 17.4. The number of thiazole rings is 1. The molecule has 1 N–H and O–H groups in total. The van der Waals surface area contributed by atoms with E-state index >= 15 is 0 Å². The van der Waals surface area contributed by atoms with E-state index < -0.39 is 0 Å². The van der Waals surface area contributed by atoms with Gasteiger partial charge in [0.15, 0.2) is 13.7 Å². The van der Waals surface area contributed by atoms with Crippen LogP contribution >= 0.6 is 11.3 Å². The molecule has 1 saturated heterocycles. The van der Waals surface area contributed by atoms with Gasteiger partial charge in [0, 0.05) is 41.3 Å². The Labute approximate surface area is 157 Å². The van der Waals surface area contributed by atoms with Gasteiger partial charge < -0.3 is 0 Å². The van der Waals surface area contributed by atoms with Gasteiger partial charge in [0.2, 0.25) is 0 Å². The Bertz CT molecular complexity index is 885. The zero-order chi connectivity index (χ0) is 17.7. The Kier molecular flexibility index (Phi) is 3.95. The van der Waals surface area contributed by atoms with Crippen LogP contribution in [0.25, 0.3) is 11.4 Å². The minimum atomic E-state index is 0.339. The second-order valence-electron chi connectivity index (χ2n) is 7.12. The van der Waals surface area contributed by atoms with E-state index in [1.807, 2.05) is 23.4 Å². The van der Waals surface area contributed by atoms with Crippen LogP contribution in [0.4, 0.5) is 0 Å². The van der Waals surface area contributed by atoms with E-state index in [2.05, 4.69) is 43.5 Å². The van der Waals surface area contributed by atoms with Crippen LogP contribution in [0.2, 0.25) is 0 Å². The molecule has 1 atom stereocenters. The molecule has 5 heterocycles. The van der Waals surface area contributed by atoms with Crippen LogP contribution in [0, 0.1) is 5.92 Å². The molecule has 1 aromatic heterocycles. The third-order valence-electron chi connectivity index (χ3n) is 5.50. The van der Waals surface area contributed by atoms with Crippen molar-refractivity contribution in [2.45, 2.75) is 25.4 Å². The third-order valence-corrected chi connectivity index (χ3v) is 6.31. The van der Waals surface area contributed by atoms with Crippen LogP contribution in [0.3, 0.4) is 0 Å². The highest BCUT2D eigenvalue weighted by molar-refractivity contribution is 7.19. The molecule has 26 heavy (non-hydrogen) atoms. The van der Waals surface area contributed by atoms with E-state index in [4.69, 9.17) is 7.85 Å². The maximum Gasteiger partial charge on any atom is 0.162 e. The van der Waals surface area contributed by atoms with Crippen molar-refractivity contribution in [2.24, 2.45) is 5.92 Å². The first-order valence-corrected chi connectivity index (χ1v) is 9.74. The van der Waals surface area contributed by atoms with Gasteiger partial charge in [0.1, 0.15) is 6.33 Å². The fourth-order valence-electron chi connectivity index (χ4n) is 4.31. The molecule has 0 aliphatic carbocycles. The number of nitrogens with zero attached hydrogens (tertiary/aromatic N) is 6. The molecule has 2 radical (unpaired) electrons. The van der Waals surface area contributed by atoms with Gasteiger partial charge in [-0.15, -0.1) is 11.3 Å². The lowest BCUT2D eigenvalue weighted by molar-refractivity contribution is 0.120. The van der Waals surface area contributed by atoms with Gasteiger partial charge in [-0.2, -0.15) is 0 Å². The van der Waals surface area contributed by atoms with Crippen molar-refractivity contribution in [1.82, 2.24) is 29.5 Å². The number of aromatic nitrogens is 4. The van der Waals surface area contributed by atoms with E-state index in [9.17, 15) is 0 Å². The summed E-state index contributed by atoms with van der Waals surface area (Å²) >= 11 is 1.59. The molecule has 0 aromatic carbocycles. The van der Waals surface area contributed by atoms with Gasteiger partial charge in [0.25, 0.3) is 0 Å². The highest BCUT2D eigenvalue weighted by Gasteiger charge is 2.38. The molecule has 0 spiro atoms. The van der Waals surface area contributed by atoms with Crippen molar-refractivity contribution in [3.63, 3.8) is 0 Å². The van der Waals surface area contributed by atoms with Crippen molar-refractivity contribution >= 4 is 24.1 Å². The first-order valence-electron chi connectivity index (χ1n) is 8.93. The zero-order valence-corrected chi connectivity index (χ0v) is 15.5. The highest BCUT2D eigenvalue weighted by atomic mass is 32.1. The molecule has 132 valence electrons. The summed E-state index contributed by atoms with van der Waals surface area (Å²) < 4.78 is 2.04. The lowest BCUT2D eigenvalue weighted by Crippen LogP contribution is -2.38. The predicted octanol–water partition coefficient (Wildman–Crippen LogP) is 0.990. The fraction of sp³-hybridized carbons (Fsp3) is 0.471. The third kappa shape index (κ3) is 2.71. The number of hydrazine groups is 1. The van der Waals surface area contributed by atoms with Crippen LogP contribution in [-0.2, 0) is 6.54 Å². The summed E-state index contributed by atoms with van der Waals surface area (Å²) in [5.74, 6) is 1.43. The molecule has 0 amide bonds. The van der Waals surface area contributed by atoms with Crippen LogP contribution in [0.5, 0.6) is 0 Å². The van der Waals surface area contributed by atoms with Crippen LogP contribution in [-0.4, -0.2) is 57.5 Å². The van der Waals surface area contributed by atoms with Crippen molar-refractivity contribution in [1.29, 1.82) is 0 Å². The predicted molar refractivity (Wildman–Crippen MR) is 102 cm³/mol. The summed E-state index contributed by atoms with van der Waals surface area (Å²) in [7, 11) is 7.87. The molecular formula is C17H20BN7S. The first kappa shape index (κ1) is 16.2. The van der Waals surface area contributed by atoms with E-state index in [-0.39, 0.29) is 0 Å². The monoisotopic (exact) mass is 365 g/mol. The van der Waals surface area contributed by atoms with Gasteiger partial charge in [0.05, 0.1) is 11.7 Å². The van der Waals surface area contributed by atoms with E-state index in [0.29, 0.717) is 16.9 Å². The van der Waals surface area contributed by atoms with Crippen molar-refractivity contribution in [3.05, 3.63) is 35.4 Å². The largest absolute Gasteiger partial charge is 0.298 e. The Hall–Kier alpha value is -1.97. The first-order chi connectivity index (χ1) is 12.7. The number of rotatable bonds is 3. The zero-order valence-electron chi connectivity index (χ0n) is 14.7. The standard InChI is InChI=1S/C17H20BN7S/c1-23-14(15-13-2-5-19-16(13)21-10-25(15)22-23)11-3-6-24(7-4-11)9-12-8-20-17(18)26-12/h2,5,8,10-11,14,22H,3-4,6-7,9H2,1H3. The Morgan fingerprint density at radius 2 is 2.12 bits per heavy atom. The van der Waals surface area contributed by atoms with Crippen molar-refractivity contribution in [3.8, 4) is 11.4 Å². The number of piperidine rings is 1. The summed E-state index contributed by atoms with van der Waals surface area (Å²) in [6, 6.07) is 2.41. The number of likely N-dealkylation sites (tertiary alicyclic amines) is 1. The van der Waals surface area contributed by atoms with E-state index in [0.717, 1.165) is 31.0 Å². The summed E-state index contributed by atoms with van der Waals surface area (Å²) in [6.07, 6.45) is 7.92. The van der Waals surface area contributed by atoms with Crippen LogP contribution < -0.4 is 10.4 Å². The van der Waals surface area contributed by atoms with Gasteiger partial charge in [-0.3, -0.25) is 15.4 Å². The lowest BCUT2D eigenvalue weighted by Gasteiger charge is -2.36. The molecular weight excluding hydrogens is 345 g/mol. The summed E-state index contributed by atoms with van der Waals surface area (Å²) in [5.41, 5.74) is 5.84. The Morgan fingerprint density at radius 1 is 1.27 bits per heavy atom. The molecule has 4 aliphatic heterocycles. The van der Waals surface area contributed by atoms with Crippen molar-refractivity contribution in [2.75, 3.05) is 25.7 Å². The quantitative estimate of drug-likeness (QED) is 0.699. The van der Waals surface area contributed by atoms with Crippen molar-refractivity contribution < 1.29 is 0 Å². The molecule has 5 rings (SSSR count). The Balaban J connectivity index is 1.32. The number of hydrogen-bond donors (Lipinski definition) is 1. The minimum absolute atomic E-state index is 0.339. The SMILES string of the molecule is [B]c1ncc(CN2CCC(C3c4c5ccnc-5ncn4NN3C)CC2)s1. The van der Waals surface area contributed by atoms with E-state index in [1.54, 1.807) is 11.3 Å². The second kappa shape index (κ2) is 6.33. The maximum atomic E-state index is 5.75. The molecule has 7 nitrogen and oxygen atoms in total. The average molecular weight is 365 g/mol. The molecule has 4 aliphatic rings. The molecule has 0 saturated carbocycles. The topological polar surface area (TPSA) is 62.1 Å².